The SMILES string of the molecule is c1ccc(-c2ccc(-n3c4ccc(N(c5ccccc5)c5ccccc5)cc4c4c5c(ccc43)sc3ccccc35)cc2)cc1. The summed E-state index contributed by atoms with van der Waals surface area (Å²) in [6, 6.07) is 61.3. The molecule has 2 nitrogen and oxygen atoms in total. The maximum Gasteiger partial charge on any atom is 0.0548 e. The van der Waals surface area contributed by atoms with E-state index in [2.05, 4.69) is 179 Å². The zero-order valence-corrected chi connectivity index (χ0v) is 25.3. The van der Waals surface area contributed by atoms with E-state index in [4.69, 9.17) is 0 Å². The molecule has 7 aromatic carbocycles. The fourth-order valence-corrected chi connectivity index (χ4v) is 7.88. The summed E-state index contributed by atoms with van der Waals surface area (Å²) in [5.74, 6) is 0. The van der Waals surface area contributed by atoms with E-state index < -0.39 is 0 Å². The lowest BCUT2D eigenvalue weighted by molar-refractivity contribution is 1.18. The number of benzene rings is 7. The van der Waals surface area contributed by atoms with Gasteiger partial charge in [0, 0.05) is 53.7 Å². The molecule has 0 aliphatic carbocycles. The number of rotatable bonds is 5. The molecule has 9 rings (SSSR count). The Kier molecular flexibility index (Phi) is 6.03. The lowest BCUT2D eigenvalue weighted by atomic mass is 10.0. The molecule has 0 radical (unpaired) electrons. The first-order valence-corrected chi connectivity index (χ1v) is 16.1. The van der Waals surface area contributed by atoms with Gasteiger partial charge in [-0.25, -0.2) is 0 Å². The van der Waals surface area contributed by atoms with E-state index in [1.807, 2.05) is 11.3 Å². The van der Waals surface area contributed by atoms with Gasteiger partial charge in [-0.05, 0) is 83.9 Å². The van der Waals surface area contributed by atoms with Gasteiger partial charge >= 0.3 is 0 Å². The molecule has 0 saturated heterocycles. The van der Waals surface area contributed by atoms with Crippen molar-refractivity contribution in [2.24, 2.45) is 0 Å². The number of anilines is 3. The fourth-order valence-electron chi connectivity index (χ4n) is 6.77. The summed E-state index contributed by atoms with van der Waals surface area (Å²) in [6.07, 6.45) is 0. The largest absolute Gasteiger partial charge is 0.310 e. The van der Waals surface area contributed by atoms with Gasteiger partial charge in [-0.15, -0.1) is 11.3 Å². The molecule has 0 N–H and O–H groups in total. The molecule has 0 saturated carbocycles. The summed E-state index contributed by atoms with van der Waals surface area (Å²) in [4.78, 5) is 2.35. The van der Waals surface area contributed by atoms with Crippen LogP contribution in [0, 0.1) is 0 Å². The van der Waals surface area contributed by atoms with Crippen LogP contribution < -0.4 is 4.90 Å². The van der Waals surface area contributed by atoms with Gasteiger partial charge in [0.2, 0.25) is 0 Å². The summed E-state index contributed by atoms with van der Waals surface area (Å²) in [7, 11) is 0. The standard InChI is InChI=1S/C42H28N2S/c1-4-12-29(13-5-1)30-20-22-33(23-21-30)44-37-25-24-34(43(31-14-6-2-7-15-31)32-16-8-3-9-17-32)28-36(37)41-38(44)26-27-40-42(41)35-18-10-11-19-39(35)45-40/h1-28H. The predicted molar refractivity (Wildman–Crippen MR) is 194 cm³/mol. The maximum atomic E-state index is 2.43. The van der Waals surface area contributed by atoms with Crippen molar-refractivity contribution in [3.8, 4) is 16.8 Å². The zero-order chi connectivity index (χ0) is 29.7. The molecule has 0 spiro atoms. The Hall–Kier alpha value is -5.64. The maximum absolute atomic E-state index is 2.43. The predicted octanol–water partition coefficient (Wildman–Crippen LogP) is 12.3. The molecule has 0 fully saturated rings. The number of thiophene rings is 1. The molecular weight excluding hydrogens is 565 g/mol. The van der Waals surface area contributed by atoms with Crippen LogP contribution in [0.4, 0.5) is 17.1 Å². The third-order valence-electron chi connectivity index (χ3n) is 8.77. The van der Waals surface area contributed by atoms with E-state index in [-0.39, 0.29) is 0 Å². The van der Waals surface area contributed by atoms with Crippen molar-refractivity contribution >= 4 is 70.4 Å². The number of para-hydroxylation sites is 2. The Morgan fingerprint density at radius 2 is 1.00 bits per heavy atom. The van der Waals surface area contributed by atoms with Gasteiger partial charge in [0.15, 0.2) is 0 Å². The van der Waals surface area contributed by atoms with E-state index in [1.165, 1.54) is 53.1 Å². The second kappa shape index (κ2) is 10.5. The molecule has 3 heteroatoms. The number of hydrogen-bond donors (Lipinski definition) is 0. The molecule has 2 heterocycles. The first kappa shape index (κ1) is 25.8. The molecule has 0 aliphatic heterocycles. The summed E-state index contributed by atoms with van der Waals surface area (Å²) >= 11 is 1.87. The summed E-state index contributed by atoms with van der Waals surface area (Å²) < 4.78 is 5.07. The van der Waals surface area contributed by atoms with Crippen LogP contribution in [-0.4, -0.2) is 4.57 Å². The second-order valence-electron chi connectivity index (χ2n) is 11.4. The van der Waals surface area contributed by atoms with Crippen LogP contribution in [0.1, 0.15) is 0 Å². The minimum absolute atomic E-state index is 1.13. The average molecular weight is 593 g/mol. The van der Waals surface area contributed by atoms with Crippen LogP contribution in [0.2, 0.25) is 0 Å². The lowest BCUT2D eigenvalue weighted by Crippen LogP contribution is -2.09. The third-order valence-corrected chi connectivity index (χ3v) is 9.91. The molecule has 0 atom stereocenters. The van der Waals surface area contributed by atoms with Crippen molar-refractivity contribution in [2.75, 3.05) is 4.90 Å². The van der Waals surface area contributed by atoms with Crippen LogP contribution >= 0.6 is 11.3 Å². The molecule has 2 aromatic heterocycles. The Bertz CT molecular complexity index is 2420. The van der Waals surface area contributed by atoms with Gasteiger partial charge in [0.1, 0.15) is 0 Å². The normalized spacial score (nSPS) is 11.6. The van der Waals surface area contributed by atoms with Crippen molar-refractivity contribution in [1.82, 2.24) is 4.57 Å². The third kappa shape index (κ3) is 4.24. The molecular formula is C42H28N2S. The number of aromatic nitrogens is 1. The van der Waals surface area contributed by atoms with Crippen molar-refractivity contribution in [3.05, 3.63) is 170 Å². The highest BCUT2D eigenvalue weighted by atomic mass is 32.1. The molecule has 45 heavy (non-hydrogen) atoms. The van der Waals surface area contributed by atoms with Gasteiger partial charge in [-0.1, -0.05) is 97.1 Å². The van der Waals surface area contributed by atoms with Crippen molar-refractivity contribution < 1.29 is 0 Å². The van der Waals surface area contributed by atoms with Gasteiger partial charge in [-0.2, -0.15) is 0 Å². The van der Waals surface area contributed by atoms with Crippen molar-refractivity contribution in [1.29, 1.82) is 0 Å². The number of fused-ring (bicyclic) bond motifs is 7. The monoisotopic (exact) mass is 592 g/mol. The number of nitrogens with zero attached hydrogens (tertiary/aromatic N) is 2. The highest BCUT2D eigenvalue weighted by Crippen LogP contribution is 2.45. The first-order chi connectivity index (χ1) is 22.3. The first-order valence-electron chi connectivity index (χ1n) is 15.3. The van der Waals surface area contributed by atoms with Gasteiger partial charge < -0.3 is 9.47 Å². The highest BCUT2D eigenvalue weighted by molar-refractivity contribution is 7.26. The average Bonchev–Trinajstić information content (AvgIpc) is 3.65. The second-order valence-corrected chi connectivity index (χ2v) is 12.5. The zero-order valence-electron chi connectivity index (χ0n) is 24.5. The molecule has 0 unspecified atom stereocenters. The summed E-state index contributed by atoms with van der Waals surface area (Å²) in [5, 5.41) is 5.20. The highest BCUT2D eigenvalue weighted by Gasteiger charge is 2.20. The van der Waals surface area contributed by atoms with Crippen LogP contribution in [0.15, 0.2) is 170 Å². The van der Waals surface area contributed by atoms with Crippen LogP contribution in [-0.2, 0) is 0 Å². The van der Waals surface area contributed by atoms with Crippen molar-refractivity contribution in [2.45, 2.75) is 0 Å². The van der Waals surface area contributed by atoms with Crippen LogP contribution in [0.25, 0.3) is 58.8 Å². The lowest BCUT2D eigenvalue weighted by Gasteiger charge is -2.25. The Balaban J connectivity index is 1.34. The molecule has 212 valence electrons. The van der Waals surface area contributed by atoms with Crippen molar-refractivity contribution in [3.63, 3.8) is 0 Å². The quantitative estimate of drug-likeness (QED) is 0.193. The Morgan fingerprint density at radius 3 is 1.71 bits per heavy atom. The molecule has 0 bridgehead atoms. The van der Waals surface area contributed by atoms with Crippen LogP contribution in [0.3, 0.4) is 0 Å². The smallest absolute Gasteiger partial charge is 0.0548 e. The van der Waals surface area contributed by atoms with E-state index in [9.17, 15) is 0 Å². The number of hydrogen-bond acceptors (Lipinski definition) is 2. The minimum atomic E-state index is 1.13. The molecule has 0 aliphatic rings. The summed E-state index contributed by atoms with van der Waals surface area (Å²) in [5.41, 5.74) is 9.42. The van der Waals surface area contributed by atoms with E-state index >= 15 is 0 Å². The summed E-state index contributed by atoms with van der Waals surface area (Å²) in [6.45, 7) is 0. The van der Waals surface area contributed by atoms with Crippen LogP contribution in [0.5, 0.6) is 0 Å². The fraction of sp³-hybridized carbons (Fsp3) is 0. The minimum Gasteiger partial charge on any atom is -0.310 e. The topological polar surface area (TPSA) is 8.17 Å². The van der Waals surface area contributed by atoms with Gasteiger partial charge in [-0.3, -0.25) is 0 Å². The molecule has 9 aromatic rings. The van der Waals surface area contributed by atoms with E-state index in [1.54, 1.807) is 0 Å². The van der Waals surface area contributed by atoms with Gasteiger partial charge in [0.05, 0.1) is 11.0 Å². The molecule has 0 amide bonds. The Labute approximate surface area is 265 Å². The Morgan fingerprint density at radius 1 is 0.400 bits per heavy atom. The van der Waals surface area contributed by atoms with E-state index in [0.29, 0.717) is 0 Å². The van der Waals surface area contributed by atoms with Gasteiger partial charge in [0.25, 0.3) is 0 Å². The van der Waals surface area contributed by atoms with E-state index in [0.717, 1.165) is 22.7 Å².